The number of aryl methyl sites for hydroxylation is 1. The molecule has 0 saturated carbocycles. The van der Waals surface area contributed by atoms with Gasteiger partial charge in [-0.25, -0.2) is 4.98 Å². The minimum atomic E-state index is 0.0154. The molecule has 1 aromatic heterocycles. The molecule has 0 aliphatic heterocycles. The normalized spacial score (nSPS) is 12.8. The van der Waals surface area contributed by atoms with Gasteiger partial charge in [0.25, 0.3) is 0 Å². The minimum Gasteiger partial charge on any atom is -0.374 e. The molecule has 0 aliphatic carbocycles. The van der Waals surface area contributed by atoms with E-state index in [1.165, 1.54) is 0 Å². The lowest BCUT2D eigenvalue weighted by molar-refractivity contribution is 0.0923. The van der Waals surface area contributed by atoms with Crippen molar-refractivity contribution in [3.05, 3.63) is 22.2 Å². The molecule has 1 unspecified atom stereocenters. The van der Waals surface area contributed by atoms with Crippen LogP contribution in [0.3, 0.4) is 0 Å². The molecule has 0 bridgehead atoms. The highest BCUT2D eigenvalue weighted by molar-refractivity contribution is 7.71. The van der Waals surface area contributed by atoms with E-state index >= 15 is 0 Å². The van der Waals surface area contributed by atoms with Gasteiger partial charge in [0.05, 0.1) is 0 Å². The number of hydrogen-bond acceptors (Lipinski definition) is 3. The van der Waals surface area contributed by atoms with Gasteiger partial charge >= 0.3 is 0 Å². The molecule has 0 amide bonds. The van der Waals surface area contributed by atoms with Crippen LogP contribution in [0.2, 0.25) is 0 Å². The van der Waals surface area contributed by atoms with Crippen LogP contribution in [0.1, 0.15) is 31.0 Å². The van der Waals surface area contributed by atoms with Gasteiger partial charge in [-0.15, -0.1) is 0 Å². The summed E-state index contributed by atoms with van der Waals surface area (Å²) in [5, 5.41) is 0. The highest BCUT2D eigenvalue weighted by Gasteiger charge is 2.09. The number of nitrogens with one attached hydrogen (secondary N) is 1. The van der Waals surface area contributed by atoms with E-state index in [0.717, 1.165) is 17.9 Å². The summed E-state index contributed by atoms with van der Waals surface area (Å²) in [5.41, 5.74) is 1.02. The molecule has 0 saturated heterocycles. The fourth-order valence-electron chi connectivity index (χ4n) is 1.23. The largest absolute Gasteiger partial charge is 0.374 e. The number of aromatic nitrogens is 2. The SMILES string of the molecule is CCC(OC)c1nc(=S)cc(C)[nH]1. The molecule has 0 radical (unpaired) electrons. The van der Waals surface area contributed by atoms with Crippen LogP contribution in [0.25, 0.3) is 0 Å². The molecule has 1 rings (SSSR count). The molecule has 4 heteroatoms. The third-order valence-electron chi connectivity index (χ3n) is 1.86. The van der Waals surface area contributed by atoms with E-state index in [1.54, 1.807) is 7.11 Å². The Morgan fingerprint density at radius 3 is 2.85 bits per heavy atom. The van der Waals surface area contributed by atoms with Gasteiger partial charge in [0.15, 0.2) is 0 Å². The molecule has 1 heterocycles. The summed E-state index contributed by atoms with van der Waals surface area (Å²) < 4.78 is 5.87. The zero-order chi connectivity index (χ0) is 9.84. The summed E-state index contributed by atoms with van der Waals surface area (Å²) in [7, 11) is 1.68. The summed E-state index contributed by atoms with van der Waals surface area (Å²) in [6, 6.07) is 1.83. The molecule has 0 spiro atoms. The quantitative estimate of drug-likeness (QED) is 0.758. The van der Waals surface area contributed by atoms with Gasteiger partial charge in [-0.3, -0.25) is 0 Å². The third-order valence-corrected chi connectivity index (χ3v) is 2.07. The first kappa shape index (κ1) is 10.3. The molecule has 72 valence electrons. The molecule has 13 heavy (non-hydrogen) atoms. The van der Waals surface area contributed by atoms with Crippen LogP contribution in [-0.4, -0.2) is 17.1 Å². The summed E-state index contributed by atoms with van der Waals surface area (Å²) in [4.78, 5) is 7.36. The van der Waals surface area contributed by atoms with Crippen molar-refractivity contribution < 1.29 is 4.74 Å². The van der Waals surface area contributed by atoms with Crippen molar-refractivity contribution in [3.63, 3.8) is 0 Å². The predicted molar refractivity (Wildman–Crippen MR) is 54.2 cm³/mol. The highest BCUT2D eigenvalue weighted by atomic mass is 32.1. The number of H-pyrrole nitrogens is 1. The molecule has 0 fully saturated rings. The lowest BCUT2D eigenvalue weighted by Gasteiger charge is -2.12. The van der Waals surface area contributed by atoms with E-state index in [4.69, 9.17) is 17.0 Å². The van der Waals surface area contributed by atoms with Crippen LogP contribution < -0.4 is 0 Å². The second-order valence-electron chi connectivity index (χ2n) is 2.92. The van der Waals surface area contributed by atoms with E-state index in [9.17, 15) is 0 Å². The standard InChI is InChI=1S/C9H14N2OS/c1-4-7(12-3)9-10-6(2)5-8(13)11-9/h5,7H,4H2,1-3H3,(H,10,11,13). The molecule has 1 atom stereocenters. The van der Waals surface area contributed by atoms with Crippen molar-refractivity contribution in [1.29, 1.82) is 0 Å². The summed E-state index contributed by atoms with van der Waals surface area (Å²) in [5.74, 6) is 0.815. The van der Waals surface area contributed by atoms with Gasteiger partial charge in [-0.1, -0.05) is 19.1 Å². The Morgan fingerprint density at radius 1 is 1.69 bits per heavy atom. The van der Waals surface area contributed by atoms with Crippen molar-refractivity contribution in [2.45, 2.75) is 26.4 Å². The number of ether oxygens (including phenoxy) is 1. The van der Waals surface area contributed by atoms with Gasteiger partial charge in [-0.2, -0.15) is 0 Å². The Bertz CT molecular complexity index is 331. The van der Waals surface area contributed by atoms with E-state index in [2.05, 4.69) is 16.9 Å². The van der Waals surface area contributed by atoms with Gasteiger partial charge in [0.1, 0.15) is 16.6 Å². The van der Waals surface area contributed by atoms with E-state index in [1.807, 2.05) is 13.0 Å². The first-order valence-corrected chi connectivity index (χ1v) is 4.68. The second-order valence-corrected chi connectivity index (χ2v) is 3.34. The van der Waals surface area contributed by atoms with Crippen molar-refractivity contribution in [2.75, 3.05) is 7.11 Å². The van der Waals surface area contributed by atoms with Gasteiger partial charge in [-0.05, 0) is 19.4 Å². The highest BCUT2D eigenvalue weighted by Crippen LogP contribution is 2.15. The Morgan fingerprint density at radius 2 is 2.38 bits per heavy atom. The Kier molecular flexibility index (Phi) is 3.57. The average molecular weight is 198 g/mol. The van der Waals surface area contributed by atoms with Crippen molar-refractivity contribution in [1.82, 2.24) is 9.97 Å². The van der Waals surface area contributed by atoms with Gasteiger partial charge < -0.3 is 9.72 Å². The van der Waals surface area contributed by atoms with E-state index < -0.39 is 0 Å². The van der Waals surface area contributed by atoms with Crippen LogP contribution in [0.5, 0.6) is 0 Å². The molecule has 0 aliphatic rings. The third kappa shape index (κ3) is 2.60. The fourth-order valence-corrected chi connectivity index (χ4v) is 1.50. The van der Waals surface area contributed by atoms with E-state index in [0.29, 0.717) is 4.64 Å². The first-order valence-electron chi connectivity index (χ1n) is 4.28. The van der Waals surface area contributed by atoms with Crippen molar-refractivity contribution in [3.8, 4) is 0 Å². The maximum atomic E-state index is 5.26. The number of nitrogens with zero attached hydrogens (tertiary/aromatic N) is 1. The molecular formula is C9H14N2OS. The van der Waals surface area contributed by atoms with Crippen LogP contribution in [0.4, 0.5) is 0 Å². The summed E-state index contributed by atoms with van der Waals surface area (Å²) in [6.07, 6.45) is 0.903. The summed E-state index contributed by atoms with van der Waals surface area (Å²) in [6.45, 7) is 4.01. The lowest BCUT2D eigenvalue weighted by Crippen LogP contribution is -2.06. The zero-order valence-electron chi connectivity index (χ0n) is 8.13. The maximum absolute atomic E-state index is 5.26. The molecule has 0 aromatic carbocycles. The summed E-state index contributed by atoms with van der Waals surface area (Å²) >= 11 is 5.02. The Balaban J connectivity index is 3.06. The zero-order valence-corrected chi connectivity index (χ0v) is 8.94. The van der Waals surface area contributed by atoms with Crippen LogP contribution in [-0.2, 0) is 4.74 Å². The second kappa shape index (κ2) is 4.48. The maximum Gasteiger partial charge on any atom is 0.137 e. The number of hydrogen-bond donors (Lipinski definition) is 1. The Labute approximate surface area is 83.2 Å². The monoisotopic (exact) mass is 198 g/mol. The van der Waals surface area contributed by atoms with Crippen molar-refractivity contribution in [2.24, 2.45) is 0 Å². The van der Waals surface area contributed by atoms with Gasteiger partial charge in [0, 0.05) is 12.8 Å². The first-order chi connectivity index (χ1) is 6.17. The minimum absolute atomic E-state index is 0.0154. The van der Waals surface area contributed by atoms with Crippen LogP contribution in [0, 0.1) is 11.6 Å². The van der Waals surface area contributed by atoms with Crippen molar-refractivity contribution >= 4 is 12.2 Å². The molecule has 1 aromatic rings. The van der Waals surface area contributed by atoms with Crippen LogP contribution >= 0.6 is 12.2 Å². The van der Waals surface area contributed by atoms with Gasteiger partial charge in [0.2, 0.25) is 0 Å². The smallest absolute Gasteiger partial charge is 0.137 e. The molecule has 1 N–H and O–H groups in total. The molecule has 3 nitrogen and oxygen atoms in total. The van der Waals surface area contributed by atoms with E-state index in [-0.39, 0.29) is 6.10 Å². The molecular weight excluding hydrogens is 184 g/mol. The lowest BCUT2D eigenvalue weighted by atomic mass is 10.2. The number of methoxy groups -OCH3 is 1. The van der Waals surface area contributed by atoms with Crippen LogP contribution in [0.15, 0.2) is 6.07 Å². The fraction of sp³-hybridized carbons (Fsp3) is 0.556. The number of rotatable bonds is 3. The topological polar surface area (TPSA) is 37.9 Å². The predicted octanol–water partition coefficient (Wildman–Crippen LogP) is 2.55. The average Bonchev–Trinajstić information content (AvgIpc) is 2.04. The number of aromatic amines is 1. The Hall–Kier alpha value is -0.740.